The van der Waals surface area contributed by atoms with Crippen molar-refractivity contribution in [3.8, 4) is 0 Å². The fourth-order valence-corrected chi connectivity index (χ4v) is 2.81. The van der Waals surface area contributed by atoms with Crippen LogP contribution >= 0.6 is 0 Å². The fraction of sp³-hybridized carbons (Fsp3) is 0.0909. The van der Waals surface area contributed by atoms with Crippen molar-refractivity contribution in [1.29, 1.82) is 0 Å². The van der Waals surface area contributed by atoms with E-state index >= 15 is 0 Å². The molecule has 2 heterocycles. The van der Waals surface area contributed by atoms with E-state index in [2.05, 4.69) is 44.7 Å². The zero-order valence-corrected chi connectivity index (χ0v) is 15.3. The van der Waals surface area contributed by atoms with Crippen LogP contribution in [-0.4, -0.2) is 32.0 Å². The summed E-state index contributed by atoms with van der Waals surface area (Å²) in [7, 11) is 0. The Kier molecular flexibility index (Phi) is 5.49. The minimum atomic E-state index is 0.735. The number of rotatable bonds is 7. The Morgan fingerprint density at radius 2 is 1.07 bits per heavy atom. The Balaban J connectivity index is 1.32. The van der Waals surface area contributed by atoms with Gasteiger partial charge < -0.3 is 0 Å². The third-order valence-electron chi connectivity index (χ3n) is 4.16. The van der Waals surface area contributed by atoms with E-state index in [9.17, 15) is 0 Å². The Hall–Kier alpha value is -3.80. The summed E-state index contributed by atoms with van der Waals surface area (Å²) in [5.74, 6) is 0. The van der Waals surface area contributed by atoms with Gasteiger partial charge in [0.05, 0.1) is 37.9 Å². The highest BCUT2D eigenvalue weighted by molar-refractivity contribution is 5.81. The van der Waals surface area contributed by atoms with E-state index in [0.29, 0.717) is 0 Å². The number of hydrogen-bond donors (Lipinski definition) is 0. The molecule has 0 aliphatic rings. The largest absolute Gasteiger partial charge is 0.268 e. The molecule has 138 valence electrons. The van der Waals surface area contributed by atoms with E-state index in [1.807, 2.05) is 58.2 Å². The van der Waals surface area contributed by atoms with Crippen molar-refractivity contribution in [2.75, 3.05) is 0 Å². The molecule has 0 spiro atoms. The van der Waals surface area contributed by atoms with Crippen molar-refractivity contribution in [1.82, 2.24) is 19.6 Å². The lowest BCUT2D eigenvalue weighted by Gasteiger charge is -2.00. The molecule has 0 N–H and O–H groups in total. The van der Waals surface area contributed by atoms with Gasteiger partial charge in [-0.15, -0.1) is 0 Å². The predicted octanol–water partition coefficient (Wildman–Crippen LogP) is 3.63. The molecular weight excluding hydrogens is 348 g/mol. The van der Waals surface area contributed by atoms with Crippen LogP contribution < -0.4 is 0 Å². The molecule has 0 saturated carbocycles. The molecule has 0 aliphatic carbocycles. The van der Waals surface area contributed by atoms with Crippen LogP contribution in [0.15, 0.2) is 95.7 Å². The molecule has 0 atom stereocenters. The predicted molar refractivity (Wildman–Crippen MR) is 111 cm³/mol. The van der Waals surface area contributed by atoms with Gasteiger partial charge in [0.2, 0.25) is 0 Å². The maximum atomic E-state index is 4.35. The standard InChI is InChI=1S/C22H20N6/c1-3-7-19(8-4-1)15-27-17-21(13-25-27)11-23-24-12-22-14-26-28(18-22)16-20-9-5-2-6-10-20/h1-14,17-18H,15-16H2/b23-11+,24-12+. The molecule has 2 aromatic carbocycles. The van der Waals surface area contributed by atoms with Gasteiger partial charge in [-0.1, -0.05) is 60.7 Å². The van der Waals surface area contributed by atoms with Crippen molar-refractivity contribution in [3.63, 3.8) is 0 Å². The molecule has 0 saturated heterocycles. The van der Waals surface area contributed by atoms with Gasteiger partial charge in [-0.2, -0.15) is 20.4 Å². The topological polar surface area (TPSA) is 60.4 Å². The highest BCUT2D eigenvalue weighted by atomic mass is 15.3. The second-order valence-electron chi connectivity index (χ2n) is 6.40. The van der Waals surface area contributed by atoms with Gasteiger partial charge in [0.1, 0.15) is 0 Å². The molecule has 6 heteroatoms. The van der Waals surface area contributed by atoms with Crippen molar-refractivity contribution in [2.45, 2.75) is 13.1 Å². The SMILES string of the molecule is C(=N\N=C\c1cnn(Cc2ccccc2)c1)/c1cnn(Cc2ccccc2)c1. The van der Waals surface area contributed by atoms with Gasteiger partial charge in [0.25, 0.3) is 0 Å². The first-order valence-corrected chi connectivity index (χ1v) is 9.04. The molecule has 6 nitrogen and oxygen atoms in total. The van der Waals surface area contributed by atoms with E-state index in [0.717, 1.165) is 24.2 Å². The zero-order chi connectivity index (χ0) is 19.0. The molecule has 0 aliphatic heterocycles. The summed E-state index contributed by atoms with van der Waals surface area (Å²) in [6.45, 7) is 1.47. The van der Waals surface area contributed by atoms with Crippen LogP contribution in [0.25, 0.3) is 0 Å². The summed E-state index contributed by atoms with van der Waals surface area (Å²) < 4.78 is 3.77. The highest BCUT2D eigenvalue weighted by Gasteiger charge is 1.99. The summed E-state index contributed by atoms with van der Waals surface area (Å²) in [5.41, 5.74) is 4.24. The van der Waals surface area contributed by atoms with E-state index < -0.39 is 0 Å². The molecule has 4 rings (SSSR count). The number of aromatic nitrogens is 4. The maximum absolute atomic E-state index is 4.35. The molecule has 0 radical (unpaired) electrons. The molecule has 28 heavy (non-hydrogen) atoms. The van der Waals surface area contributed by atoms with Crippen LogP contribution in [-0.2, 0) is 13.1 Å². The Bertz CT molecular complexity index is 973. The number of hydrogen-bond acceptors (Lipinski definition) is 4. The summed E-state index contributed by atoms with van der Waals surface area (Å²) in [4.78, 5) is 0. The van der Waals surface area contributed by atoms with Crippen LogP contribution in [0.4, 0.5) is 0 Å². The molecule has 0 amide bonds. The van der Waals surface area contributed by atoms with Gasteiger partial charge >= 0.3 is 0 Å². The highest BCUT2D eigenvalue weighted by Crippen LogP contribution is 2.04. The van der Waals surface area contributed by atoms with Crippen LogP contribution in [0.1, 0.15) is 22.3 Å². The Labute approximate surface area is 163 Å². The summed E-state index contributed by atoms with van der Waals surface area (Å²) in [6, 6.07) is 20.4. The average Bonchev–Trinajstić information content (AvgIpc) is 3.36. The minimum absolute atomic E-state index is 0.735. The lowest BCUT2D eigenvalue weighted by Crippen LogP contribution is -1.99. The quantitative estimate of drug-likeness (QED) is 0.369. The molecule has 0 bridgehead atoms. The van der Waals surface area contributed by atoms with E-state index in [1.54, 1.807) is 24.8 Å². The monoisotopic (exact) mass is 368 g/mol. The van der Waals surface area contributed by atoms with Gasteiger partial charge in [-0.05, 0) is 11.1 Å². The zero-order valence-electron chi connectivity index (χ0n) is 15.3. The Morgan fingerprint density at radius 3 is 1.50 bits per heavy atom. The molecule has 4 aromatic rings. The first kappa shape index (κ1) is 17.6. The summed E-state index contributed by atoms with van der Waals surface area (Å²) in [5, 5.41) is 16.9. The fourth-order valence-electron chi connectivity index (χ4n) is 2.81. The van der Waals surface area contributed by atoms with Crippen LogP contribution in [0.2, 0.25) is 0 Å². The van der Waals surface area contributed by atoms with Gasteiger partial charge in [-0.3, -0.25) is 9.36 Å². The third kappa shape index (κ3) is 4.88. The second kappa shape index (κ2) is 8.73. The minimum Gasteiger partial charge on any atom is -0.268 e. The van der Waals surface area contributed by atoms with Crippen molar-refractivity contribution in [2.24, 2.45) is 10.2 Å². The van der Waals surface area contributed by atoms with E-state index in [1.165, 1.54) is 11.1 Å². The maximum Gasteiger partial charge on any atom is 0.0659 e. The molecular formula is C22H20N6. The van der Waals surface area contributed by atoms with Crippen LogP contribution in [0.3, 0.4) is 0 Å². The summed E-state index contributed by atoms with van der Waals surface area (Å²) in [6.07, 6.45) is 10.8. The third-order valence-corrected chi connectivity index (χ3v) is 4.16. The van der Waals surface area contributed by atoms with Gasteiger partial charge in [0, 0.05) is 23.5 Å². The van der Waals surface area contributed by atoms with Crippen LogP contribution in [0, 0.1) is 0 Å². The Morgan fingerprint density at radius 1 is 0.643 bits per heavy atom. The number of nitrogens with zero attached hydrogens (tertiary/aromatic N) is 6. The first-order valence-electron chi connectivity index (χ1n) is 9.04. The molecule has 0 fully saturated rings. The lowest BCUT2D eigenvalue weighted by atomic mass is 10.2. The van der Waals surface area contributed by atoms with Gasteiger partial charge in [0.15, 0.2) is 0 Å². The normalized spacial score (nSPS) is 11.6. The second-order valence-corrected chi connectivity index (χ2v) is 6.40. The lowest BCUT2D eigenvalue weighted by molar-refractivity contribution is 0.687. The van der Waals surface area contributed by atoms with E-state index in [4.69, 9.17) is 0 Å². The molecule has 0 unspecified atom stereocenters. The average molecular weight is 368 g/mol. The molecule has 2 aromatic heterocycles. The van der Waals surface area contributed by atoms with Crippen molar-refractivity contribution in [3.05, 3.63) is 108 Å². The summed E-state index contributed by atoms with van der Waals surface area (Å²) >= 11 is 0. The smallest absolute Gasteiger partial charge is 0.0659 e. The van der Waals surface area contributed by atoms with Crippen LogP contribution in [0.5, 0.6) is 0 Å². The van der Waals surface area contributed by atoms with Gasteiger partial charge in [-0.25, -0.2) is 0 Å². The number of benzene rings is 2. The first-order chi connectivity index (χ1) is 13.8. The van der Waals surface area contributed by atoms with Crippen molar-refractivity contribution >= 4 is 12.4 Å². The van der Waals surface area contributed by atoms with E-state index in [-0.39, 0.29) is 0 Å². The van der Waals surface area contributed by atoms with Crippen molar-refractivity contribution < 1.29 is 0 Å².